The molecule has 0 bridgehead atoms. The van der Waals surface area contributed by atoms with Crippen molar-refractivity contribution in [3.8, 4) is 11.6 Å². The van der Waals surface area contributed by atoms with Gasteiger partial charge in [0.1, 0.15) is 12.1 Å². The summed E-state index contributed by atoms with van der Waals surface area (Å²) in [4.78, 5) is 22.7. The van der Waals surface area contributed by atoms with Gasteiger partial charge in [-0.25, -0.2) is 9.37 Å². The highest BCUT2D eigenvalue weighted by Gasteiger charge is 2.29. The van der Waals surface area contributed by atoms with Crippen LogP contribution in [0.1, 0.15) is 36.8 Å². The van der Waals surface area contributed by atoms with E-state index in [1.165, 1.54) is 18.5 Å². The average Bonchev–Trinajstić information content (AvgIpc) is 3.40. The molecule has 9 heteroatoms. The number of carbonyl (C=O) groups excluding carboxylic acids is 1. The van der Waals surface area contributed by atoms with Crippen LogP contribution in [0.25, 0.3) is 11.6 Å². The van der Waals surface area contributed by atoms with E-state index in [9.17, 15) is 9.18 Å². The normalized spacial score (nSPS) is 17.0. The molecule has 1 amide bonds. The molecule has 0 saturated carbocycles. The molecule has 1 fully saturated rings. The number of benzene rings is 1. The van der Waals surface area contributed by atoms with Crippen LogP contribution in [0.2, 0.25) is 0 Å². The molecule has 3 heterocycles. The van der Waals surface area contributed by atoms with E-state index in [2.05, 4.69) is 25.3 Å². The Morgan fingerprint density at radius 3 is 2.96 bits per heavy atom. The van der Waals surface area contributed by atoms with Crippen molar-refractivity contribution >= 4 is 5.91 Å². The molecule has 0 spiro atoms. The third kappa shape index (κ3) is 3.32. The highest BCUT2D eigenvalue weighted by atomic mass is 19.1. The summed E-state index contributed by atoms with van der Waals surface area (Å²) < 4.78 is 18.3. The third-order valence-corrected chi connectivity index (χ3v) is 4.48. The molecule has 1 N–H and O–H groups in total. The number of aryl methyl sites for hydroxylation is 1. The van der Waals surface area contributed by atoms with Crippen LogP contribution in [-0.2, 0) is 11.2 Å². The van der Waals surface area contributed by atoms with Crippen LogP contribution >= 0.6 is 0 Å². The van der Waals surface area contributed by atoms with E-state index in [1.807, 2.05) is 4.90 Å². The topological polar surface area (TPSA) is 101 Å². The van der Waals surface area contributed by atoms with Crippen LogP contribution in [-0.4, -0.2) is 42.7 Å². The number of hydrogen-bond donors (Lipinski definition) is 1. The number of aromatic nitrogens is 5. The van der Waals surface area contributed by atoms with Gasteiger partial charge in [-0.3, -0.25) is 9.89 Å². The van der Waals surface area contributed by atoms with Crippen LogP contribution in [0, 0.1) is 5.82 Å². The van der Waals surface area contributed by atoms with E-state index >= 15 is 0 Å². The van der Waals surface area contributed by atoms with E-state index in [-0.39, 0.29) is 24.2 Å². The van der Waals surface area contributed by atoms with Gasteiger partial charge in [0.2, 0.25) is 17.6 Å². The summed E-state index contributed by atoms with van der Waals surface area (Å²) in [6.07, 6.45) is 3.80. The molecule has 3 aromatic rings. The molecule has 1 aliphatic rings. The van der Waals surface area contributed by atoms with E-state index in [1.54, 1.807) is 12.1 Å². The Morgan fingerprint density at radius 2 is 2.19 bits per heavy atom. The first-order valence-corrected chi connectivity index (χ1v) is 8.44. The maximum atomic E-state index is 13.1. The van der Waals surface area contributed by atoms with Crippen LogP contribution in [0.5, 0.6) is 0 Å². The number of H-pyrrole nitrogens is 1. The predicted molar refractivity (Wildman–Crippen MR) is 88.1 cm³/mol. The van der Waals surface area contributed by atoms with Gasteiger partial charge < -0.3 is 9.42 Å². The van der Waals surface area contributed by atoms with Gasteiger partial charge >= 0.3 is 0 Å². The Bertz CT molecular complexity index is 877. The Morgan fingerprint density at radius 1 is 1.35 bits per heavy atom. The van der Waals surface area contributed by atoms with E-state index < -0.39 is 0 Å². The van der Waals surface area contributed by atoms with E-state index in [0.29, 0.717) is 30.5 Å². The molecule has 8 nitrogen and oxygen atoms in total. The first-order valence-electron chi connectivity index (χ1n) is 8.44. The van der Waals surface area contributed by atoms with Gasteiger partial charge in [-0.05, 0) is 30.5 Å². The first-order chi connectivity index (χ1) is 12.7. The molecule has 26 heavy (non-hydrogen) atoms. The van der Waals surface area contributed by atoms with Crippen molar-refractivity contribution < 1.29 is 13.7 Å². The molecule has 1 unspecified atom stereocenters. The quantitative estimate of drug-likeness (QED) is 0.753. The Kier molecular flexibility index (Phi) is 4.42. The molecule has 1 saturated heterocycles. The zero-order chi connectivity index (χ0) is 17.9. The van der Waals surface area contributed by atoms with Crippen molar-refractivity contribution in [1.82, 2.24) is 30.2 Å². The number of aromatic amines is 1. The number of halogens is 1. The molecule has 134 valence electrons. The summed E-state index contributed by atoms with van der Waals surface area (Å²) in [5, 5.41) is 10.2. The molecule has 1 atom stereocenters. The second-order valence-corrected chi connectivity index (χ2v) is 6.14. The van der Waals surface area contributed by atoms with Crippen molar-refractivity contribution in [2.24, 2.45) is 0 Å². The van der Waals surface area contributed by atoms with Crippen molar-refractivity contribution in [2.75, 3.05) is 6.54 Å². The molecule has 0 radical (unpaired) electrons. The molecule has 1 aliphatic heterocycles. The lowest BCUT2D eigenvalue weighted by atomic mass is 10.0. The summed E-state index contributed by atoms with van der Waals surface area (Å²) in [5.41, 5.74) is 0.961. The van der Waals surface area contributed by atoms with Crippen LogP contribution in [0.3, 0.4) is 0 Å². The second-order valence-electron chi connectivity index (χ2n) is 6.14. The highest BCUT2D eigenvalue weighted by molar-refractivity contribution is 5.77. The minimum absolute atomic E-state index is 0.00413. The van der Waals surface area contributed by atoms with Gasteiger partial charge in [0.15, 0.2) is 5.82 Å². The summed E-state index contributed by atoms with van der Waals surface area (Å²) in [7, 11) is 0. The van der Waals surface area contributed by atoms with Crippen LogP contribution in [0.4, 0.5) is 4.39 Å². The minimum Gasteiger partial charge on any atom is -0.339 e. The summed E-state index contributed by atoms with van der Waals surface area (Å²) in [6, 6.07) is 6.34. The third-order valence-electron chi connectivity index (χ3n) is 4.48. The largest absolute Gasteiger partial charge is 0.339 e. The Labute approximate surface area is 148 Å². The first kappa shape index (κ1) is 16.4. The fourth-order valence-corrected chi connectivity index (χ4v) is 3.22. The SMILES string of the molecule is O=C(CCc1nc(-c2ncn[nH]2)no1)N1CCCC1c1ccc(F)cc1. The zero-order valence-corrected chi connectivity index (χ0v) is 13.9. The lowest BCUT2D eigenvalue weighted by Crippen LogP contribution is -2.30. The van der Waals surface area contributed by atoms with Gasteiger partial charge in [0, 0.05) is 19.4 Å². The lowest BCUT2D eigenvalue weighted by molar-refractivity contribution is -0.132. The van der Waals surface area contributed by atoms with E-state index in [0.717, 1.165) is 18.4 Å². The minimum atomic E-state index is -0.274. The van der Waals surface area contributed by atoms with Gasteiger partial charge in [-0.1, -0.05) is 17.3 Å². The monoisotopic (exact) mass is 356 g/mol. The fourth-order valence-electron chi connectivity index (χ4n) is 3.22. The maximum Gasteiger partial charge on any atom is 0.239 e. The zero-order valence-electron chi connectivity index (χ0n) is 13.9. The van der Waals surface area contributed by atoms with Crippen molar-refractivity contribution in [3.05, 3.63) is 47.9 Å². The molecule has 4 rings (SSSR count). The maximum absolute atomic E-state index is 13.1. The number of hydrogen-bond acceptors (Lipinski definition) is 6. The van der Waals surface area contributed by atoms with Crippen LogP contribution < -0.4 is 0 Å². The number of carbonyl (C=O) groups is 1. The lowest BCUT2D eigenvalue weighted by Gasteiger charge is -2.25. The second kappa shape index (κ2) is 7.03. The van der Waals surface area contributed by atoms with Crippen molar-refractivity contribution in [1.29, 1.82) is 0 Å². The Hall–Kier alpha value is -3.10. The fraction of sp³-hybridized carbons (Fsp3) is 0.353. The highest BCUT2D eigenvalue weighted by Crippen LogP contribution is 2.32. The molecule has 1 aromatic carbocycles. The number of likely N-dealkylation sites (tertiary alicyclic amines) is 1. The standard InChI is InChI=1S/C17H17FN6O2/c18-12-5-3-11(4-6-12)13-2-1-9-24(13)15(25)8-7-14-21-17(23-26-14)16-19-10-20-22-16/h3-6,10,13H,1-2,7-9H2,(H,19,20,22). The van der Waals surface area contributed by atoms with Gasteiger partial charge in [-0.15, -0.1) is 0 Å². The summed E-state index contributed by atoms with van der Waals surface area (Å²) in [5.74, 6) is 0.861. The molecule has 2 aromatic heterocycles. The van der Waals surface area contributed by atoms with Gasteiger partial charge in [0.05, 0.1) is 6.04 Å². The van der Waals surface area contributed by atoms with Crippen LogP contribution in [0.15, 0.2) is 35.1 Å². The number of rotatable bonds is 5. The molecular weight excluding hydrogens is 339 g/mol. The molecule has 0 aliphatic carbocycles. The van der Waals surface area contributed by atoms with E-state index in [4.69, 9.17) is 4.52 Å². The van der Waals surface area contributed by atoms with Crippen molar-refractivity contribution in [2.45, 2.75) is 31.7 Å². The number of nitrogens with one attached hydrogen (secondary N) is 1. The van der Waals surface area contributed by atoms with Crippen molar-refractivity contribution in [3.63, 3.8) is 0 Å². The van der Waals surface area contributed by atoms with Gasteiger partial charge in [0.25, 0.3) is 0 Å². The molecular formula is C17H17FN6O2. The summed E-state index contributed by atoms with van der Waals surface area (Å²) >= 11 is 0. The average molecular weight is 356 g/mol. The van der Waals surface area contributed by atoms with Gasteiger partial charge in [-0.2, -0.15) is 10.1 Å². The number of nitrogens with zero attached hydrogens (tertiary/aromatic N) is 5. The smallest absolute Gasteiger partial charge is 0.239 e. The summed E-state index contributed by atoms with van der Waals surface area (Å²) in [6.45, 7) is 0.702. The predicted octanol–water partition coefficient (Wildman–Crippen LogP) is 2.29. The number of amides is 1. The Balaban J connectivity index is 1.39.